The SMILES string of the molecule is CN1CCCC1CNCC(O)COCC1CCCO1. The van der Waals surface area contributed by atoms with E-state index >= 15 is 0 Å². The second-order valence-corrected chi connectivity index (χ2v) is 5.76. The summed E-state index contributed by atoms with van der Waals surface area (Å²) in [5, 5.41) is 13.2. The van der Waals surface area contributed by atoms with Crippen molar-refractivity contribution in [2.75, 3.05) is 46.5 Å². The van der Waals surface area contributed by atoms with Crippen molar-refractivity contribution in [1.82, 2.24) is 10.2 Å². The molecule has 0 amide bonds. The monoisotopic (exact) mass is 272 g/mol. The average molecular weight is 272 g/mol. The van der Waals surface area contributed by atoms with Crippen LogP contribution in [0.25, 0.3) is 0 Å². The zero-order valence-electron chi connectivity index (χ0n) is 12.0. The Bertz CT molecular complexity index is 247. The van der Waals surface area contributed by atoms with E-state index in [2.05, 4.69) is 17.3 Å². The molecule has 19 heavy (non-hydrogen) atoms. The predicted octanol–water partition coefficient (Wildman–Crippen LogP) is 0.227. The summed E-state index contributed by atoms with van der Waals surface area (Å²) in [6, 6.07) is 0.625. The Morgan fingerprint density at radius 3 is 3.00 bits per heavy atom. The molecule has 0 aliphatic carbocycles. The van der Waals surface area contributed by atoms with Crippen molar-refractivity contribution < 1.29 is 14.6 Å². The fraction of sp³-hybridized carbons (Fsp3) is 1.00. The first-order valence-electron chi connectivity index (χ1n) is 7.54. The van der Waals surface area contributed by atoms with Gasteiger partial charge in [0, 0.05) is 25.7 Å². The van der Waals surface area contributed by atoms with Crippen LogP contribution in [0, 0.1) is 0 Å². The molecule has 2 N–H and O–H groups in total. The lowest BCUT2D eigenvalue weighted by atomic mass is 10.2. The molecular formula is C14H28N2O3. The van der Waals surface area contributed by atoms with E-state index in [4.69, 9.17) is 9.47 Å². The molecule has 0 saturated carbocycles. The van der Waals surface area contributed by atoms with E-state index < -0.39 is 6.10 Å². The van der Waals surface area contributed by atoms with Crippen LogP contribution < -0.4 is 5.32 Å². The van der Waals surface area contributed by atoms with E-state index in [9.17, 15) is 5.11 Å². The van der Waals surface area contributed by atoms with Gasteiger partial charge in [-0.05, 0) is 39.3 Å². The molecule has 2 rings (SSSR count). The van der Waals surface area contributed by atoms with Gasteiger partial charge in [0.1, 0.15) is 0 Å². The number of nitrogens with one attached hydrogen (secondary N) is 1. The summed E-state index contributed by atoms with van der Waals surface area (Å²) >= 11 is 0. The fourth-order valence-corrected chi connectivity index (χ4v) is 2.82. The number of ether oxygens (including phenoxy) is 2. The van der Waals surface area contributed by atoms with Crippen molar-refractivity contribution in [3.05, 3.63) is 0 Å². The standard InChI is InChI=1S/C14H28N2O3/c1-16-6-2-4-12(16)8-15-9-13(17)10-18-11-14-5-3-7-19-14/h12-15,17H,2-11H2,1H3. The minimum atomic E-state index is -0.423. The maximum absolute atomic E-state index is 9.82. The molecular weight excluding hydrogens is 244 g/mol. The van der Waals surface area contributed by atoms with Crippen LogP contribution >= 0.6 is 0 Å². The van der Waals surface area contributed by atoms with Gasteiger partial charge < -0.3 is 24.8 Å². The lowest BCUT2D eigenvalue weighted by Gasteiger charge is -2.21. The Kier molecular flexibility index (Phi) is 6.53. The summed E-state index contributed by atoms with van der Waals surface area (Å²) in [7, 11) is 2.17. The van der Waals surface area contributed by atoms with Gasteiger partial charge in [0.15, 0.2) is 0 Å². The van der Waals surface area contributed by atoms with Crippen molar-refractivity contribution in [2.45, 2.75) is 43.9 Å². The van der Waals surface area contributed by atoms with Gasteiger partial charge in [0.2, 0.25) is 0 Å². The molecule has 0 aromatic carbocycles. The molecule has 5 heteroatoms. The summed E-state index contributed by atoms with van der Waals surface area (Å²) in [5.74, 6) is 0. The van der Waals surface area contributed by atoms with Gasteiger partial charge in [-0.1, -0.05) is 0 Å². The second-order valence-electron chi connectivity index (χ2n) is 5.76. The first kappa shape index (κ1) is 15.2. The summed E-state index contributed by atoms with van der Waals surface area (Å²) in [6.07, 6.45) is 4.58. The minimum absolute atomic E-state index is 0.243. The van der Waals surface area contributed by atoms with Crippen LogP contribution in [0.1, 0.15) is 25.7 Å². The van der Waals surface area contributed by atoms with Gasteiger partial charge in [-0.15, -0.1) is 0 Å². The molecule has 2 aliphatic rings. The van der Waals surface area contributed by atoms with E-state index in [1.165, 1.54) is 19.4 Å². The molecule has 112 valence electrons. The first-order chi connectivity index (χ1) is 9.25. The normalized spacial score (nSPS) is 30.0. The van der Waals surface area contributed by atoms with Crippen LogP contribution in [0.2, 0.25) is 0 Å². The summed E-state index contributed by atoms with van der Waals surface area (Å²) < 4.78 is 11.0. The summed E-state index contributed by atoms with van der Waals surface area (Å²) in [4.78, 5) is 2.38. The minimum Gasteiger partial charge on any atom is -0.389 e. The lowest BCUT2D eigenvalue weighted by molar-refractivity contribution is -0.0165. The topological polar surface area (TPSA) is 54.0 Å². The fourth-order valence-electron chi connectivity index (χ4n) is 2.82. The quantitative estimate of drug-likeness (QED) is 0.662. The largest absolute Gasteiger partial charge is 0.389 e. The Morgan fingerprint density at radius 1 is 1.42 bits per heavy atom. The Hall–Kier alpha value is -0.200. The Balaban J connectivity index is 1.46. The van der Waals surface area contributed by atoms with Gasteiger partial charge in [-0.2, -0.15) is 0 Å². The van der Waals surface area contributed by atoms with Crippen molar-refractivity contribution in [1.29, 1.82) is 0 Å². The number of hydrogen-bond acceptors (Lipinski definition) is 5. The first-order valence-corrected chi connectivity index (χ1v) is 7.54. The molecule has 0 aromatic heterocycles. The Morgan fingerprint density at radius 2 is 2.32 bits per heavy atom. The molecule has 2 heterocycles. The predicted molar refractivity (Wildman–Crippen MR) is 74.3 cm³/mol. The zero-order chi connectivity index (χ0) is 13.5. The molecule has 5 nitrogen and oxygen atoms in total. The highest BCUT2D eigenvalue weighted by Crippen LogP contribution is 2.13. The highest BCUT2D eigenvalue weighted by atomic mass is 16.5. The van der Waals surface area contributed by atoms with Crippen LogP contribution in [0.3, 0.4) is 0 Å². The smallest absolute Gasteiger partial charge is 0.0897 e. The van der Waals surface area contributed by atoms with Crippen LogP contribution in [0.15, 0.2) is 0 Å². The van der Waals surface area contributed by atoms with Gasteiger partial charge in [0.25, 0.3) is 0 Å². The highest BCUT2D eigenvalue weighted by molar-refractivity contribution is 4.78. The molecule has 0 bridgehead atoms. The molecule has 3 atom stereocenters. The van der Waals surface area contributed by atoms with E-state index in [1.807, 2.05) is 0 Å². The maximum atomic E-state index is 9.82. The van der Waals surface area contributed by atoms with Gasteiger partial charge in [-0.25, -0.2) is 0 Å². The van der Waals surface area contributed by atoms with Gasteiger partial charge in [-0.3, -0.25) is 0 Å². The number of aliphatic hydroxyl groups excluding tert-OH is 1. The van der Waals surface area contributed by atoms with Crippen molar-refractivity contribution in [3.8, 4) is 0 Å². The molecule has 0 radical (unpaired) electrons. The van der Waals surface area contributed by atoms with Crippen LogP contribution in [0.5, 0.6) is 0 Å². The highest BCUT2D eigenvalue weighted by Gasteiger charge is 2.20. The second kappa shape index (κ2) is 8.17. The lowest BCUT2D eigenvalue weighted by Crippen LogP contribution is -2.39. The third-order valence-electron chi connectivity index (χ3n) is 4.07. The molecule has 0 spiro atoms. The van der Waals surface area contributed by atoms with E-state index in [0.29, 0.717) is 25.8 Å². The summed E-state index contributed by atoms with van der Waals surface area (Å²) in [6.45, 7) is 4.62. The molecule has 3 unspecified atom stereocenters. The van der Waals surface area contributed by atoms with E-state index in [1.54, 1.807) is 0 Å². The number of rotatable bonds is 8. The zero-order valence-corrected chi connectivity index (χ0v) is 12.0. The van der Waals surface area contributed by atoms with Crippen LogP contribution in [-0.4, -0.2) is 74.8 Å². The molecule has 2 saturated heterocycles. The van der Waals surface area contributed by atoms with Crippen molar-refractivity contribution >= 4 is 0 Å². The van der Waals surface area contributed by atoms with E-state index in [-0.39, 0.29) is 6.10 Å². The number of likely N-dealkylation sites (N-methyl/N-ethyl adjacent to an activating group) is 1. The number of likely N-dealkylation sites (tertiary alicyclic amines) is 1. The maximum Gasteiger partial charge on any atom is 0.0897 e. The van der Waals surface area contributed by atoms with Gasteiger partial charge in [0.05, 0.1) is 25.4 Å². The number of hydrogen-bond donors (Lipinski definition) is 2. The molecule has 0 aromatic rings. The number of aliphatic hydroxyl groups is 1. The Labute approximate surface area is 116 Å². The number of nitrogens with zero attached hydrogens (tertiary/aromatic N) is 1. The van der Waals surface area contributed by atoms with E-state index in [0.717, 1.165) is 26.0 Å². The van der Waals surface area contributed by atoms with Crippen molar-refractivity contribution in [2.24, 2.45) is 0 Å². The third kappa shape index (κ3) is 5.36. The van der Waals surface area contributed by atoms with Crippen molar-refractivity contribution in [3.63, 3.8) is 0 Å². The molecule has 2 fully saturated rings. The average Bonchev–Trinajstić information content (AvgIpc) is 3.02. The van der Waals surface area contributed by atoms with Crippen LogP contribution in [0.4, 0.5) is 0 Å². The van der Waals surface area contributed by atoms with Gasteiger partial charge >= 0.3 is 0 Å². The molecule has 2 aliphatic heterocycles. The van der Waals surface area contributed by atoms with Crippen LogP contribution in [-0.2, 0) is 9.47 Å². The summed E-state index contributed by atoms with van der Waals surface area (Å²) in [5.41, 5.74) is 0. The third-order valence-corrected chi connectivity index (χ3v) is 4.07.